The first-order valence-electron chi connectivity index (χ1n) is 41.6. The third kappa shape index (κ3) is 25.7. The first-order chi connectivity index (χ1) is 59.3. The fourth-order valence-corrected chi connectivity index (χ4v) is 22.5. The fraction of sp³-hybridized carbons (Fsp3) is 0.396. The molecule has 28 nitrogen and oxygen atoms in total. The van der Waals surface area contributed by atoms with E-state index in [0.29, 0.717) is 72.7 Å². The second kappa shape index (κ2) is 45.9. The number of fused-ring (bicyclic) bond motifs is 10. The molecule has 2 atom stereocenters. The topological polar surface area (TPSA) is 421 Å². The summed E-state index contributed by atoms with van der Waals surface area (Å²) in [6.07, 6.45) is 20.2. The van der Waals surface area contributed by atoms with Crippen LogP contribution in [0.2, 0.25) is 0 Å². The van der Waals surface area contributed by atoms with Crippen molar-refractivity contribution in [1.29, 1.82) is 0 Å². The van der Waals surface area contributed by atoms with E-state index in [1.807, 2.05) is 133 Å². The van der Waals surface area contributed by atoms with Gasteiger partial charge in [-0.1, -0.05) is 126 Å². The Morgan fingerprint density at radius 2 is 0.970 bits per heavy atom. The summed E-state index contributed by atoms with van der Waals surface area (Å²) in [4.78, 5) is 20.4. The summed E-state index contributed by atoms with van der Waals surface area (Å²) in [5.74, 6) is -1.00. The van der Waals surface area contributed by atoms with Crippen LogP contribution in [0, 0.1) is 0 Å². The number of hydrogen-bond donors (Lipinski definition) is 0. The number of benzene rings is 7. The standard InChI is InChI=1S/C51H60N4O13S4.C40H45ClN2O9S3.3K.2Na/c1-32(70(58,59)60)22-24-54-43-18-10-37-30-39(69-68-67-57)14-16-41(37)47(43)50(4,5)45(54)20-12-35-8-9-36(49(35)53-28-26-52(27-29-53)34(3)56)13-21-46-51(6,7)48-42-17-15-40(72(64,65)66)31-38(42)11-19-44(48)55(46)25-23-33(2)71(61,62)63;1-39(2)32-12-5-6-13-33(32)42(22-8-24-53(44,45)46)35(39)20-15-27-10-7-11-28(38(27)41)16-21-36-40(3,4)37-31-18-17-30(55(50,51)52)26-29(31)14-19-34(37)43(36)23-9-25-54(47,48)49;;;;;/h10-21,30-33H,8-9,22-29H2,1-7H3,(H3-,57,58,59,60,61,62,63,64,65,66);5-6,12-21,26H,7-11,22-25H2,1-4H3,(H2-,44,45,46,47,48,49,50,51,52);;;;;/q;;5*+1/p-5. The van der Waals surface area contributed by atoms with Crippen molar-refractivity contribution in [1.82, 2.24) is 4.90 Å². The summed E-state index contributed by atoms with van der Waals surface area (Å²) in [6.45, 7) is 24.1. The maximum atomic E-state index is 12.5. The molecule has 5 heterocycles. The van der Waals surface area contributed by atoms with E-state index in [-0.39, 0.29) is 274 Å². The molecule has 0 spiro atoms. The summed E-state index contributed by atoms with van der Waals surface area (Å²) in [7, 11) is -27.4. The first-order valence-corrected chi connectivity index (χ1v) is 51.7. The number of piperazine rings is 1. The van der Waals surface area contributed by atoms with Crippen molar-refractivity contribution in [2.24, 2.45) is 0 Å². The van der Waals surface area contributed by atoms with Crippen molar-refractivity contribution in [3.05, 3.63) is 231 Å². The molecule has 1 saturated heterocycles. The number of rotatable bonds is 26. The molecule has 0 radical (unpaired) electrons. The van der Waals surface area contributed by atoms with Crippen molar-refractivity contribution in [2.45, 2.75) is 181 Å². The van der Waals surface area contributed by atoms with Gasteiger partial charge in [0.25, 0.3) is 0 Å². The molecular formula is C91H100ClK3N6Na2O22S7. The number of nitrogens with zero attached hydrogens (tertiary/aromatic N) is 6. The molecule has 0 bridgehead atoms. The third-order valence-corrected chi connectivity index (χ3v) is 32.3. The van der Waals surface area contributed by atoms with Crippen LogP contribution in [-0.2, 0) is 96.5 Å². The quantitative estimate of drug-likeness (QED) is 0.0145. The number of allylic oxidation sites excluding steroid dienone is 16. The van der Waals surface area contributed by atoms with Gasteiger partial charge >= 0.3 is 213 Å². The van der Waals surface area contributed by atoms with E-state index in [4.69, 9.17) is 11.6 Å². The molecule has 5 aliphatic heterocycles. The van der Waals surface area contributed by atoms with E-state index >= 15 is 0 Å². The number of hydrogen-bond acceptors (Lipinski definition) is 26. The van der Waals surface area contributed by atoms with Gasteiger partial charge in [0, 0.05) is 144 Å². The predicted molar refractivity (Wildman–Crippen MR) is 483 cm³/mol. The second-order valence-corrected chi connectivity index (χ2v) is 45.7. The largest absolute Gasteiger partial charge is 1.00 e. The summed E-state index contributed by atoms with van der Waals surface area (Å²) in [5, 5.41) is 16.8. The van der Waals surface area contributed by atoms with E-state index in [2.05, 4.69) is 75.7 Å². The molecule has 7 aromatic carbocycles. The number of carbonyl (C=O) groups is 1. The molecule has 2 aliphatic carbocycles. The van der Waals surface area contributed by atoms with Crippen molar-refractivity contribution < 1.29 is 320 Å². The van der Waals surface area contributed by atoms with Crippen LogP contribution in [0.3, 0.4) is 0 Å². The smallest absolute Gasteiger partial charge is 0.748 e. The van der Waals surface area contributed by atoms with Crippen LogP contribution in [0.1, 0.15) is 156 Å². The Balaban J connectivity index is 0.000000324. The zero-order valence-electron chi connectivity index (χ0n) is 77.1. The molecule has 2 unspecified atom stereocenters. The van der Waals surface area contributed by atoms with Crippen molar-refractivity contribution in [3.8, 4) is 0 Å². The molecule has 14 rings (SSSR count). The number of carbonyl (C=O) groups excluding carboxylic acids is 1. The maximum absolute atomic E-state index is 12.5. The van der Waals surface area contributed by atoms with E-state index in [0.717, 1.165) is 142 Å². The minimum absolute atomic E-state index is 0. The van der Waals surface area contributed by atoms with Gasteiger partial charge < -0.3 is 52.2 Å². The van der Waals surface area contributed by atoms with E-state index in [1.54, 1.807) is 31.2 Å². The predicted octanol–water partition coefficient (Wildman–Crippen LogP) is -1.75. The Bertz CT molecular complexity index is 6770. The number of halogens is 1. The number of amides is 1. The molecule has 7 aliphatic rings. The maximum Gasteiger partial charge on any atom is 1.00 e. The van der Waals surface area contributed by atoms with Crippen molar-refractivity contribution in [2.75, 3.05) is 78.6 Å². The van der Waals surface area contributed by atoms with Gasteiger partial charge in [-0.2, -0.15) is 8.91 Å². The van der Waals surface area contributed by atoms with Crippen LogP contribution < -0.4 is 233 Å². The van der Waals surface area contributed by atoms with E-state index in [1.165, 1.54) is 38.1 Å². The van der Waals surface area contributed by atoms with Gasteiger partial charge in [-0.15, -0.1) is 0 Å². The van der Waals surface area contributed by atoms with Crippen LogP contribution in [0.5, 0.6) is 0 Å². The minimum atomic E-state index is -4.74. The summed E-state index contributed by atoms with van der Waals surface area (Å²) < 4.78 is 222. The summed E-state index contributed by atoms with van der Waals surface area (Å²) in [5.41, 5.74) is 13.1. The molecule has 7 aromatic rings. The Hall–Kier alpha value is -1.66. The Kier molecular flexibility index (Phi) is 40.2. The Morgan fingerprint density at radius 1 is 0.515 bits per heavy atom. The normalized spacial score (nSPS) is 19.9. The Morgan fingerprint density at radius 3 is 1.45 bits per heavy atom. The monoisotopic (exact) mass is 2050 g/mol. The molecule has 680 valence electrons. The van der Waals surface area contributed by atoms with Crippen LogP contribution in [0.25, 0.3) is 32.3 Å². The van der Waals surface area contributed by atoms with Gasteiger partial charge in [0.05, 0.1) is 80.8 Å². The molecule has 2 fully saturated rings. The fourth-order valence-electron chi connectivity index (χ4n) is 19.1. The summed E-state index contributed by atoms with van der Waals surface area (Å²) >= 11 is 7.92. The third-order valence-electron chi connectivity index (χ3n) is 25.6. The number of anilines is 3. The van der Waals surface area contributed by atoms with Crippen LogP contribution in [0.15, 0.2) is 223 Å². The van der Waals surface area contributed by atoms with Crippen LogP contribution in [0.4, 0.5) is 22.7 Å². The van der Waals surface area contributed by atoms with Crippen molar-refractivity contribution in [3.63, 3.8) is 0 Å². The molecule has 132 heavy (non-hydrogen) atoms. The van der Waals surface area contributed by atoms with E-state index < -0.39 is 104 Å². The first kappa shape index (κ1) is 116. The molecular weight excluding hydrogens is 1950 g/mol. The van der Waals surface area contributed by atoms with Crippen LogP contribution in [-0.4, -0.2) is 184 Å². The zero-order chi connectivity index (χ0) is 92.4. The molecule has 1 amide bonds. The average molecular weight is 2050 g/mol. The van der Waals surface area contributed by atoms with Gasteiger partial charge in [0.2, 0.25) is 17.3 Å². The molecule has 0 N–H and O–H groups in total. The zero-order valence-corrected chi connectivity index (χ0v) is 96.9. The average Bonchev–Trinajstić information content (AvgIpc) is 1.57. The van der Waals surface area contributed by atoms with Gasteiger partial charge in [0.1, 0.15) is 26.8 Å². The van der Waals surface area contributed by atoms with E-state index in [9.17, 15) is 87.9 Å². The molecule has 41 heteroatoms. The molecule has 0 aromatic heterocycles. The van der Waals surface area contributed by atoms with Gasteiger partial charge in [-0.3, -0.25) is 9.83 Å². The number of para-hydroxylation sites is 1. The summed E-state index contributed by atoms with van der Waals surface area (Å²) in [6, 6.07) is 33.2. The minimum Gasteiger partial charge on any atom is -0.748 e. The van der Waals surface area contributed by atoms with Gasteiger partial charge in [-0.25, -0.2) is 55.1 Å². The van der Waals surface area contributed by atoms with Gasteiger partial charge in [-0.05, 0) is 218 Å². The molecule has 1 saturated carbocycles. The Labute approximate surface area is 955 Å². The second-order valence-electron chi connectivity index (χ2n) is 35.2. The van der Waals surface area contributed by atoms with Gasteiger partial charge in [0.15, 0.2) is 18.8 Å². The van der Waals surface area contributed by atoms with Crippen LogP contribution >= 0.6 is 23.6 Å². The van der Waals surface area contributed by atoms with Crippen molar-refractivity contribution >= 4 is 157 Å². The SMILES string of the molecule is CC(=O)N1CC[N+](=C2C(=CC=C3N(CCC(C)S(=O)(=O)[O-])c4ccc5cc(SOO[O-])ccc5c4C3(C)C)CC/C2=C\C=C2\N(CCC(C)S(=O)(=O)[O-])c3ccc4cc(S(=O)(=O)[O-])ccc4c3C2(C)C)CC1.CC1(C)C(=CC=C2CCCC(C=CC3=[N+](CCCS(=O)(=O)[O-])c4ccc5cc(S(=O)(=O)[O-])ccc5c4C3(C)C)=C2Cl)N(CCCS(=O)(=O)[O-])c2ccccc21.[K+].[K+].[K+].[Na+].[Na+].